The molecule has 0 unspecified atom stereocenters. The van der Waals surface area contributed by atoms with Crippen LogP contribution in [0.2, 0.25) is 0 Å². The first-order valence-corrected chi connectivity index (χ1v) is 4.30. The lowest BCUT2D eigenvalue weighted by atomic mass is 10.0. The third-order valence-electron chi connectivity index (χ3n) is 1.91. The van der Waals surface area contributed by atoms with Crippen LogP contribution in [0.4, 0.5) is 0 Å². The second-order valence-electron chi connectivity index (χ2n) is 2.90. The van der Waals surface area contributed by atoms with Crippen molar-refractivity contribution in [2.75, 3.05) is 0 Å². The van der Waals surface area contributed by atoms with Crippen LogP contribution in [0.25, 0.3) is 0 Å². The lowest BCUT2D eigenvalue weighted by Gasteiger charge is -2.01. The molecule has 0 aliphatic carbocycles. The van der Waals surface area contributed by atoms with E-state index in [1.54, 1.807) is 18.2 Å². The van der Waals surface area contributed by atoms with E-state index >= 15 is 0 Å². The molecule has 0 aromatic heterocycles. The molecule has 13 heavy (non-hydrogen) atoms. The molecule has 2 heteroatoms. The predicted octanol–water partition coefficient (Wildman–Crippen LogP) is 2.32. The minimum absolute atomic E-state index is 0.641. The van der Waals surface area contributed by atoms with Gasteiger partial charge in [-0.1, -0.05) is 19.4 Å². The second-order valence-corrected chi connectivity index (χ2v) is 2.90. The summed E-state index contributed by atoms with van der Waals surface area (Å²) in [6.45, 7) is 2.05. The molecule has 1 aromatic carbocycles. The van der Waals surface area contributed by atoms with E-state index in [1.165, 1.54) is 0 Å². The van der Waals surface area contributed by atoms with Gasteiger partial charge in [0.25, 0.3) is 0 Å². The molecule has 0 bridgehead atoms. The number of hydrogen-bond acceptors (Lipinski definition) is 2. The number of hydrogen-bond donors (Lipinski definition) is 0. The Hall–Kier alpha value is -1.62. The largest absolute Gasteiger partial charge is 0.298 e. The molecule has 2 nitrogen and oxygen atoms in total. The Kier molecular flexibility index (Phi) is 3.22. The molecule has 0 spiro atoms. The normalized spacial score (nSPS) is 9.23. The molecule has 1 rings (SSSR count). The average Bonchev–Trinajstić information content (AvgIpc) is 2.18. The van der Waals surface area contributed by atoms with Gasteiger partial charge in [0, 0.05) is 5.56 Å². The third kappa shape index (κ3) is 2.16. The Morgan fingerprint density at radius 2 is 2.31 bits per heavy atom. The van der Waals surface area contributed by atoms with Crippen LogP contribution in [0.3, 0.4) is 0 Å². The van der Waals surface area contributed by atoms with E-state index in [9.17, 15) is 4.79 Å². The van der Waals surface area contributed by atoms with Gasteiger partial charge in [-0.25, -0.2) is 0 Å². The highest BCUT2D eigenvalue weighted by molar-refractivity contribution is 5.75. The van der Waals surface area contributed by atoms with Gasteiger partial charge in [-0.3, -0.25) is 4.79 Å². The van der Waals surface area contributed by atoms with E-state index < -0.39 is 0 Å². The number of carbonyl (C=O) groups excluding carboxylic acids is 1. The van der Waals surface area contributed by atoms with Crippen LogP contribution in [0.5, 0.6) is 0 Å². The van der Waals surface area contributed by atoms with Crippen molar-refractivity contribution in [1.82, 2.24) is 0 Å². The lowest BCUT2D eigenvalue weighted by Crippen LogP contribution is -1.91. The molecule has 0 heterocycles. The molecule has 0 saturated carbocycles. The third-order valence-corrected chi connectivity index (χ3v) is 1.91. The van der Waals surface area contributed by atoms with Gasteiger partial charge in [0.1, 0.15) is 6.29 Å². The van der Waals surface area contributed by atoms with Gasteiger partial charge in [-0.15, -0.1) is 0 Å². The SMILES string of the molecule is CCCc1cc(C=O)ccc1C#N. The topological polar surface area (TPSA) is 40.9 Å². The number of rotatable bonds is 3. The van der Waals surface area contributed by atoms with E-state index in [0.717, 1.165) is 24.7 Å². The molecule has 0 radical (unpaired) electrons. The maximum atomic E-state index is 10.5. The van der Waals surface area contributed by atoms with Gasteiger partial charge in [0.15, 0.2) is 0 Å². The molecule has 0 aliphatic rings. The first kappa shape index (κ1) is 9.47. The molecule has 0 amide bonds. The minimum atomic E-state index is 0.641. The first-order chi connectivity index (χ1) is 6.31. The van der Waals surface area contributed by atoms with Crippen LogP contribution in [0, 0.1) is 11.3 Å². The van der Waals surface area contributed by atoms with Gasteiger partial charge in [-0.05, 0) is 24.1 Å². The minimum Gasteiger partial charge on any atom is -0.298 e. The second kappa shape index (κ2) is 4.42. The summed E-state index contributed by atoms with van der Waals surface area (Å²) >= 11 is 0. The lowest BCUT2D eigenvalue weighted by molar-refractivity contribution is 0.112. The molecular weight excluding hydrogens is 162 g/mol. The highest BCUT2D eigenvalue weighted by Crippen LogP contribution is 2.12. The maximum Gasteiger partial charge on any atom is 0.150 e. The fourth-order valence-electron chi connectivity index (χ4n) is 1.27. The van der Waals surface area contributed by atoms with E-state index in [0.29, 0.717) is 11.1 Å². The number of benzene rings is 1. The summed E-state index contributed by atoms with van der Waals surface area (Å²) in [7, 11) is 0. The van der Waals surface area contributed by atoms with Crippen LogP contribution in [0.15, 0.2) is 18.2 Å². The summed E-state index contributed by atoms with van der Waals surface area (Å²) in [5.41, 5.74) is 2.28. The Labute approximate surface area is 77.8 Å². The van der Waals surface area contributed by atoms with E-state index in [2.05, 4.69) is 13.0 Å². The van der Waals surface area contributed by atoms with Crippen molar-refractivity contribution >= 4 is 6.29 Å². The van der Waals surface area contributed by atoms with E-state index in [1.807, 2.05) is 0 Å². The highest BCUT2D eigenvalue weighted by atomic mass is 16.1. The summed E-state index contributed by atoms with van der Waals surface area (Å²) in [4.78, 5) is 10.5. The molecule has 0 fully saturated rings. The zero-order valence-corrected chi connectivity index (χ0v) is 7.58. The van der Waals surface area contributed by atoms with E-state index in [4.69, 9.17) is 5.26 Å². The van der Waals surface area contributed by atoms with Crippen molar-refractivity contribution in [3.8, 4) is 6.07 Å². The van der Waals surface area contributed by atoms with Crippen molar-refractivity contribution in [1.29, 1.82) is 5.26 Å². The van der Waals surface area contributed by atoms with Crippen LogP contribution >= 0.6 is 0 Å². The molecule has 66 valence electrons. The fourth-order valence-corrected chi connectivity index (χ4v) is 1.27. The van der Waals surface area contributed by atoms with E-state index in [-0.39, 0.29) is 0 Å². The number of nitrogens with zero attached hydrogens (tertiary/aromatic N) is 1. The predicted molar refractivity (Wildman–Crippen MR) is 50.5 cm³/mol. The molecule has 0 aliphatic heterocycles. The van der Waals surface area contributed by atoms with Crippen molar-refractivity contribution in [2.24, 2.45) is 0 Å². The molecule has 0 saturated heterocycles. The zero-order valence-electron chi connectivity index (χ0n) is 7.58. The Bertz CT molecular complexity index is 350. The van der Waals surface area contributed by atoms with Gasteiger partial charge < -0.3 is 0 Å². The summed E-state index contributed by atoms with van der Waals surface area (Å²) < 4.78 is 0. The van der Waals surface area contributed by atoms with Gasteiger partial charge in [0.2, 0.25) is 0 Å². The van der Waals surface area contributed by atoms with Crippen LogP contribution in [-0.4, -0.2) is 6.29 Å². The van der Waals surface area contributed by atoms with Crippen molar-refractivity contribution in [2.45, 2.75) is 19.8 Å². The first-order valence-electron chi connectivity index (χ1n) is 4.30. The van der Waals surface area contributed by atoms with Crippen molar-refractivity contribution in [3.05, 3.63) is 34.9 Å². The highest BCUT2D eigenvalue weighted by Gasteiger charge is 2.01. The van der Waals surface area contributed by atoms with Crippen LogP contribution in [0.1, 0.15) is 34.8 Å². The maximum absolute atomic E-state index is 10.5. The van der Waals surface area contributed by atoms with Gasteiger partial charge in [-0.2, -0.15) is 5.26 Å². The van der Waals surface area contributed by atoms with Crippen LogP contribution < -0.4 is 0 Å². The Morgan fingerprint density at radius 1 is 1.54 bits per heavy atom. The summed E-state index contributed by atoms with van der Waals surface area (Å²) in [5.74, 6) is 0. The summed E-state index contributed by atoms with van der Waals surface area (Å²) in [5, 5.41) is 8.77. The Balaban J connectivity index is 3.11. The standard InChI is InChI=1S/C11H11NO/c1-2-3-10-6-9(8-13)4-5-11(10)7-12/h4-6,8H,2-3H2,1H3. The molecule has 0 N–H and O–H groups in total. The van der Waals surface area contributed by atoms with Gasteiger partial charge >= 0.3 is 0 Å². The van der Waals surface area contributed by atoms with Crippen molar-refractivity contribution in [3.63, 3.8) is 0 Å². The van der Waals surface area contributed by atoms with Crippen molar-refractivity contribution < 1.29 is 4.79 Å². The molecule has 0 atom stereocenters. The van der Waals surface area contributed by atoms with Crippen LogP contribution in [-0.2, 0) is 6.42 Å². The number of aldehydes is 1. The smallest absolute Gasteiger partial charge is 0.150 e. The zero-order chi connectivity index (χ0) is 9.68. The average molecular weight is 173 g/mol. The van der Waals surface area contributed by atoms with Gasteiger partial charge in [0.05, 0.1) is 11.6 Å². The number of aryl methyl sites for hydroxylation is 1. The molecular formula is C11H11NO. The quantitative estimate of drug-likeness (QED) is 0.658. The number of carbonyl (C=O) groups is 1. The monoisotopic (exact) mass is 173 g/mol. The fraction of sp³-hybridized carbons (Fsp3) is 0.273. The summed E-state index contributed by atoms with van der Waals surface area (Å²) in [6, 6.07) is 7.28. The summed E-state index contributed by atoms with van der Waals surface area (Å²) in [6.07, 6.45) is 2.64. The molecule has 1 aromatic rings. The Morgan fingerprint density at radius 3 is 2.85 bits per heavy atom. The number of nitriles is 1.